The molecule has 3 rings (SSSR count). The molecule has 2 amide bonds. The number of aryl methyl sites for hydroxylation is 2. The normalized spacial score (nSPS) is 10.4. The lowest BCUT2D eigenvalue weighted by Gasteiger charge is -2.08. The number of nitrogens with zero attached hydrogens (tertiary/aromatic N) is 3. The van der Waals surface area contributed by atoms with Crippen molar-refractivity contribution in [3.05, 3.63) is 58.2 Å². The number of carbonyl (C=O) groups is 2. The van der Waals surface area contributed by atoms with Gasteiger partial charge in [0.05, 0.1) is 0 Å². The summed E-state index contributed by atoms with van der Waals surface area (Å²) in [5.41, 5.74) is 3.82. The van der Waals surface area contributed by atoms with E-state index in [0.29, 0.717) is 17.1 Å². The molecule has 3 aromatic rings. The fourth-order valence-corrected chi connectivity index (χ4v) is 4.00. The lowest BCUT2D eigenvalue weighted by atomic mass is 10.1. The predicted octanol–water partition coefficient (Wildman–Crippen LogP) is 5.73. The first-order chi connectivity index (χ1) is 17.6. The molecule has 204 valence electrons. The highest BCUT2D eigenvalue weighted by Gasteiger charge is 2.14. The van der Waals surface area contributed by atoms with Crippen molar-refractivity contribution in [2.45, 2.75) is 60.3 Å². The van der Waals surface area contributed by atoms with Crippen LogP contribution in [-0.2, 0) is 6.42 Å². The number of hydrogen-bond donors (Lipinski definition) is 2. The molecule has 0 fully saturated rings. The number of unbranched alkanes of at least 4 members (excludes halogenated alkanes) is 1. The zero-order valence-corrected chi connectivity index (χ0v) is 24.7. The van der Waals surface area contributed by atoms with E-state index in [1.807, 2.05) is 39.2 Å². The maximum atomic E-state index is 12.2. The summed E-state index contributed by atoms with van der Waals surface area (Å²) in [6.07, 6.45) is 4.27. The van der Waals surface area contributed by atoms with Crippen LogP contribution in [0, 0.1) is 12.8 Å². The van der Waals surface area contributed by atoms with Crippen LogP contribution < -0.4 is 10.6 Å². The summed E-state index contributed by atoms with van der Waals surface area (Å²) >= 11 is 1.37. The highest BCUT2D eigenvalue weighted by atomic mass is 32.1. The average molecular weight is 528 g/mol. The van der Waals surface area contributed by atoms with Crippen molar-refractivity contribution in [3.63, 3.8) is 0 Å². The second kappa shape index (κ2) is 17.6. The minimum absolute atomic E-state index is 0.0411. The minimum atomic E-state index is -0.0977. The van der Waals surface area contributed by atoms with E-state index in [0.717, 1.165) is 54.2 Å². The molecule has 0 saturated heterocycles. The summed E-state index contributed by atoms with van der Waals surface area (Å²) in [4.78, 5) is 35.1. The molecule has 0 aliphatic rings. The molecule has 7 nitrogen and oxygen atoms in total. The van der Waals surface area contributed by atoms with Gasteiger partial charge in [0.1, 0.15) is 10.3 Å². The van der Waals surface area contributed by atoms with Crippen LogP contribution in [0.4, 0.5) is 0 Å². The maximum Gasteiger partial charge on any atom is 0.280 e. The summed E-state index contributed by atoms with van der Waals surface area (Å²) in [5, 5.41) is 5.98. The number of rotatable bonds is 9. The molecule has 2 N–H and O–H groups in total. The molecule has 37 heavy (non-hydrogen) atoms. The van der Waals surface area contributed by atoms with E-state index in [2.05, 4.69) is 59.3 Å². The summed E-state index contributed by atoms with van der Waals surface area (Å²) < 4.78 is 0. The molecule has 0 radical (unpaired) electrons. The molecule has 0 aliphatic heterocycles. The molecular weight excluding hydrogens is 482 g/mol. The van der Waals surface area contributed by atoms with E-state index in [9.17, 15) is 9.59 Å². The van der Waals surface area contributed by atoms with Gasteiger partial charge < -0.3 is 15.5 Å². The number of thiazole rings is 1. The van der Waals surface area contributed by atoms with Gasteiger partial charge in [0, 0.05) is 24.8 Å². The van der Waals surface area contributed by atoms with Crippen LogP contribution in [0.25, 0.3) is 10.3 Å². The monoisotopic (exact) mass is 527 g/mol. The molecule has 0 unspecified atom stereocenters. The van der Waals surface area contributed by atoms with Gasteiger partial charge in [-0.2, -0.15) is 0 Å². The van der Waals surface area contributed by atoms with E-state index >= 15 is 0 Å². The highest BCUT2D eigenvalue weighted by molar-refractivity contribution is 7.19. The molecule has 0 atom stereocenters. The van der Waals surface area contributed by atoms with Crippen molar-refractivity contribution in [3.8, 4) is 0 Å². The van der Waals surface area contributed by atoms with Gasteiger partial charge in [-0.1, -0.05) is 63.7 Å². The average Bonchev–Trinajstić information content (AvgIpc) is 3.28. The lowest BCUT2D eigenvalue weighted by molar-refractivity contribution is 0.0948. The Balaban J connectivity index is 0.000000402. The molecule has 1 aromatic carbocycles. The first-order valence-corrected chi connectivity index (χ1v) is 13.9. The van der Waals surface area contributed by atoms with Gasteiger partial charge in [0.25, 0.3) is 11.8 Å². The third kappa shape index (κ3) is 12.8. The second-order valence-electron chi connectivity index (χ2n) is 9.77. The zero-order valence-electron chi connectivity index (χ0n) is 23.9. The Bertz CT molecular complexity index is 1080. The topological polar surface area (TPSA) is 87.2 Å². The van der Waals surface area contributed by atoms with E-state index < -0.39 is 0 Å². The molecule has 0 aliphatic carbocycles. The Labute approximate surface area is 227 Å². The van der Waals surface area contributed by atoms with Crippen LogP contribution in [0.1, 0.15) is 78.4 Å². The number of carbonyl (C=O) groups excluding carboxylic acids is 2. The van der Waals surface area contributed by atoms with Crippen LogP contribution in [0.5, 0.6) is 0 Å². The third-order valence-electron chi connectivity index (χ3n) is 5.00. The van der Waals surface area contributed by atoms with Crippen LogP contribution in [0.3, 0.4) is 0 Å². The van der Waals surface area contributed by atoms with Crippen LogP contribution in [0.15, 0.2) is 36.4 Å². The summed E-state index contributed by atoms with van der Waals surface area (Å²) in [6, 6.07) is 11.2. The Kier molecular flexibility index (Phi) is 15.3. The van der Waals surface area contributed by atoms with Crippen molar-refractivity contribution in [1.82, 2.24) is 25.5 Å². The molecule has 2 heterocycles. The molecular formula is C29H45N5O2S. The molecule has 0 bridgehead atoms. The lowest BCUT2D eigenvalue weighted by Crippen LogP contribution is -2.26. The van der Waals surface area contributed by atoms with Gasteiger partial charge in [0.15, 0.2) is 5.01 Å². The molecule has 0 saturated carbocycles. The number of hydrogen-bond acceptors (Lipinski definition) is 6. The number of nitrogens with one attached hydrogen (secondary N) is 2. The van der Waals surface area contributed by atoms with Crippen molar-refractivity contribution >= 4 is 33.5 Å². The highest BCUT2D eigenvalue weighted by Crippen LogP contribution is 2.23. The van der Waals surface area contributed by atoms with E-state index in [1.54, 1.807) is 19.2 Å². The Morgan fingerprint density at radius 2 is 1.68 bits per heavy atom. The molecule has 0 spiro atoms. The van der Waals surface area contributed by atoms with Gasteiger partial charge in [-0.05, 0) is 76.5 Å². The summed E-state index contributed by atoms with van der Waals surface area (Å²) in [6.45, 7) is 12.3. The van der Waals surface area contributed by atoms with Gasteiger partial charge in [-0.25, -0.2) is 9.97 Å². The van der Waals surface area contributed by atoms with Crippen molar-refractivity contribution in [2.75, 3.05) is 34.2 Å². The standard InChI is InChI=1S/C17H26N4OS.C8H9NO.C4H10/c1-5-6-8-13-11-14-16(19-12(13)2)23-17(20-14)15(22)18-9-7-10-21(3)4;1-9-8(10)7-5-3-2-4-6-7;1-4(2)3/h11H,5-10H2,1-4H3,(H,18,22);2-6H,1H3,(H,9,10);4H,1-3H3. The van der Waals surface area contributed by atoms with Gasteiger partial charge in [-0.3, -0.25) is 9.59 Å². The van der Waals surface area contributed by atoms with Crippen molar-refractivity contribution < 1.29 is 9.59 Å². The largest absolute Gasteiger partial charge is 0.355 e. The molecule has 2 aromatic heterocycles. The predicted molar refractivity (Wildman–Crippen MR) is 157 cm³/mol. The van der Waals surface area contributed by atoms with Gasteiger partial charge >= 0.3 is 0 Å². The number of aromatic nitrogens is 2. The minimum Gasteiger partial charge on any atom is -0.355 e. The van der Waals surface area contributed by atoms with Gasteiger partial charge in [0.2, 0.25) is 0 Å². The maximum absolute atomic E-state index is 12.2. The smallest absolute Gasteiger partial charge is 0.280 e. The SMILES string of the molecule is CC(C)C.CCCCc1cc2nc(C(=O)NCCCN(C)C)sc2nc1C.CNC(=O)c1ccccc1. The number of pyridine rings is 1. The fourth-order valence-electron chi connectivity index (χ4n) is 3.12. The van der Waals surface area contributed by atoms with Crippen LogP contribution in [0.2, 0.25) is 0 Å². The Morgan fingerprint density at radius 1 is 1.03 bits per heavy atom. The van der Waals surface area contributed by atoms with Crippen molar-refractivity contribution in [1.29, 1.82) is 0 Å². The number of benzene rings is 1. The number of amides is 2. The Morgan fingerprint density at radius 3 is 2.24 bits per heavy atom. The van der Waals surface area contributed by atoms with Crippen LogP contribution >= 0.6 is 11.3 Å². The van der Waals surface area contributed by atoms with Gasteiger partial charge in [-0.15, -0.1) is 0 Å². The third-order valence-corrected chi connectivity index (χ3v) is 5.97. The molecule has 8 heteroatoms. The van der Waals surface area contributed by atoms with E-state index in [1.165, 1.54) is 16.9 Å². The summed E-state index contributed by atoms with van der Waals surface area (Å²) in [7, 11) is 5.67. The summed E-state index contributed by atoms with van der Waals surface area (Å²) in [5.74, 6) is 0.695. The van der Waals surface area contributed by atoms with Crippen molar-refractivity contribution in [2.24, 2.45) is 5.92 Å². The van der Waals surface area contributed by atoms with E-state index in [4.69, 9.17) is 0 Å². The zero-order chi connectivity index (χ0) is 27.8. The van der Waals surface area contributed by atoms with Crippen LogP contribution in [-0.4, -0.2) is 60.9 Å². The van der Waals surface area contributed by atoms with E-state index in [-0.39, 0.29) is 11.8 Å². The first-order valence-electron chi connectivity index (χ1n) is 13.1. The first kappa shape index (κ1) is 32.2. The second-order valence-corrected chi connectivity index (χ2v) is 10.7. The quantitative estimate of drug-likeness (QED) is 0.347. The Hall–Kier alpha value is -2.84. The number of fused-ring (bicyclic) bond motifs is 1. The fraction of sp³-hybridized carbons (Fsp3) is 0.517.